The Morgan fingerprint density at radius 1 is 1.38 bits per heavy atom. The molecule has 0 amide bonds. The van der Waals surface area contributed by atoms with E-state index in [0.717, 1.165) is 0 Å². The minimum Gasteiger partial charge on any atom is -0.412 e. The molecule has 0 rings (SSSR count). The Bertz CT molecular complexity index is 234. The SMILES string of the molecule is C[C@H](O[Si](C)(C)C(C)(C)C)C(O)C/C=C\Br. The molecule has 0 aromatic heterocycles. The second-order valence-electron chi connectivity index (χ2n) is 5.75. The van der Waals surface area contributed by atoms with E-state index in [0.29, 0.717) is 6.42 Å². The highest BCUT2D eigenvalue weighted by atomic mass is 79.9. The predicted molar refractivity (Wildman–Crippen MR) is 76.4 cm³/mol. The molecule has 0 aliphatic heterocycles. The van der Waals surface area contributed by atoms with Crippen molar-refractivity contribution in [3.63, 3.8) is 0 Å². The summed E-state index contributed by atoms with van der Waals surface area (Å²) in [6, 6.07) is 0. The molecule has 1 unspecified atom stereocenters. The van der Waals surface area contributed by atoms with Crippen molar-refractivity contribution < 1.29 is 9.53 Å². The molecule has 96 valence electrons. The number of rotatable bonds is 5. The lowest BCUT2D eigenvalue weighted by atomic mass is 10.2. The highest BCUT2D eigenvalue weighted by molar-refractivity contribution is 9.11. The van der Waals surface area contributed by atoms with Crippen LogP contribution in [0.4, 0.5) is 0 Å². The maximum Gasteiger partial charge on any atom is 0.192 e. The van der Waals surface area contributed by atoms with E-state index in [9.17, 15) is 5.11 Å². The maximum atomic E-state index is 9.90. The lowest BCUT2D eigenvalue weighted by Crippen LogP contribution is -2.46. The largest absolute Gasteiger partial charge is 0.412 e. The average molecular weight is 309 g/mol. The number of aliphatic hydroxyl groups excluding tert-OH is 1. The van der Waals surface area contributed by atoms with Crippen molar-refractivity contribution in [2.75, 3.05) is 0 Å². The van der Waals surface area contributed by atoms with Gasteiger partial charge in [0.15, 0.2) is 8.32 Å². The Kier molecular flexibility index (Phi) is 6.47. The van der Waals surface area contributed by atoms with Crippen molar-refractivity contribution in [1.82, 2.24) is 0 Å². The molecule has 16 heavy (non-hydrogen) atoms. The summed E-state index contributed by atoms with van der Waals surface area (Å²) in [6.07, 6.45) is 1.99. The molecule has 0 heterocycles. The van der Waals surface area contributed by atoms with Crippen LogP contribution in [0.15, 0.2) is 11.1 Å². The molecule has 2 nitrogen and oxygen atoms in total. The van der Waals surface area contributed by atoms with Crippen molar-refractivity contribution in [2.45, 2.75) is 64.5 Å². The quantitative estimate of drug-likeness (QED) is 0.776. The van der Waals surface area contributed by atoms with E-state index in [1.807, 2.05) is 13.0 Å². The Labute approximate surface area is 109 Å². The molecule has 4 heteroatoms. The van der Waals surface area contributed by atoms with Gasteiger partial charge in [0.1, 0.15) is 0 Å². The zero-order valence-corrected chi connectivity index (χ0v) is 13.8. The van der Waals surface area contributed by atoms with E-state index >= 15 is 0 Å². The normalized spacial score (nSPS) is 17.8. The van der Waals surface area contributed by atoms with Gasteiger partial charge in [0, 0.05) is 0 Å². The summed E-state index contributed by atoms with van der Waals surface area (Å²) in [5.41, 5.74) is 0. The van der Waals surface area contributed by atoms with Crippen molar-refractivity contribution in [3.8, 4) is 0 Å². The molecule has 0 radical (unpaired) electrons. The summed E-state index contributed by atoms with van der Waals surface area (Å²) in [4.78, 5) is 1.77. The van der Waals surface area contributed by atoms with Crippen LogP contribution in [0.3, 0.4) is 0 Å². The van der Waals surface area contributed by atoms with Gasteiger partial charge in [-0.2, -0.15) is 0 Å². The molecule has 0 aromatic rings. The van der Waals surface area contributed by atoms with Gasteiger partial charge in [-0.3, -0.25) is 0 Å². The van der Waals surface area contributed by atoms with Crippen molar-refractivity contribution in [2.24, 2.45) is 0 Å². The molecule has 0 bridgehead atoms. The Hall–Kier alpha value is 0.357. The van der Waals surface area contributed by atoms with Gasteiger partial charge in [0.25, 0.3) is 0 Å². The van der Waals surface area contributed by atoms with E-state index in [2.05, 4.69) is 49.8 Å². The van der Waals surface area contributed by atoms with E-state index < -0.39 is 14.4 Å². The second kappa shape index (κ2) is 6.33. The minimum atomic E-state index is -1.77. The van der Waals surface area contributed by atoms with Gasteiger partial charge in [-0.25, -0.2) is 0 Å². The number of hydrogen-bond donors (Lipinski definition) is 1. The molecule has 0 aliphatic rings. The van der Waals surface area contributed by atoms with Crippen molar-refractivity contribution >= 4 is 24.2 Å². The van der Waals surface area contributed by atoms with Gasteiger partial charge in [-0.05, 0) is 36.5 Å². The van der Waals surface area contributed by atoms with Crippen LogP contribution in [0.2, 0.25) is 18.1 Å². The first kappa shape index (κ1) is 16.4. The van der Waals surface area contributed by atoms with Crippen LogP contribution in [-0.4, -0.2) is 25.6 Å². The van der Waals surface area contributed by atoms with Gasteiger partial charge in [-0.1, -0.05) is 42.8 Å². The topological polar surface area (TPSA) is 29.5 Å². The molecular formula is C12H25BrO2Si. The average Bonchev–Trinajstić information content (AvgIpc) is 2.11. The highest BCUT2D eigenvalue weighted by Gasteiger charge is 2.39. The standard InChI is InChI=1S/C12H25BrO2Si/c1-10(11(14)8-7-9-13)15-16(5,6)12(2,3)4/h7,9-11,14H,8H2,1-6H3/b9-7-/t10-,11?/m0/s1. The smallest absolute Gasteiger partial charge is 0.192 e. The lowest BCUT2D eigenvalue weighted by Gasteiger charge is -2.39. The molecule has 0 aliphatic carbocycles. The molecule has 2 atom stereocenters. The van der Waals surface area contributed by atoms with Crippen LogP contribution in [-0.2, 0) is 4.43 Å². The van der Waals surface area contributed by atoms with E-state index in [1.54, 1.807) is 4.99 Å². The lowest BCUT2D eigenvalue weighted by molar-refractivity contribution is 0.0410. The third kappa shape index (κ3) is 5.12. The van der Waals surface area contributed by atoms with E-state index in [-0.39, 0.29) is 11.1 Å². The second-order valence-corrected chi connectivity index (χ2v) is 11.0. The van der Waals surface area contributed by atoms with E-state index in [1.165, 1.54) is 0 Å². The van der Waals surface area contributed by atoms with Gasteiger partial charge < -0.3 is 9.53 Å². The minimum absolute atomic E-state index is 0.107. The van der Waals surface area contributed by atoms with Gasteiger partial charge in [0.05, 0.1) is 12.2 Å². The zero-order chi connectivity index (χ0) is 13.0. The van der Waals surface area contributed by atoms with Crippen LogP contribution in [0.1, 0.15) is 34.1 Å². The number of aliphatic hydroxyl groups is 1. The monoisotopic (exact) mass is 308 g/mol. The summed E-state index contributed by atoms with van der Waals surface area (Å²) >= 11 is 3.20. The third-order valence-corrected chi connectivity index (χ3v) is 8.24. The van der Waals surface area contributed by atoms with Crippen LogP contribution in [0, 0.1) is 0 Å². The summed E-state index contributed by atoms with van der Waals surface area (Å²) in [5, 5.41) is 10.1. The van der Waals surface area contributed by atoms with Crippen LogP contribution < -0.4 is 0 Å². The van der Waals surface area contributed by atoms with Gasteiger partial charge >= 0.3 is 0 Å². The molecule has 0 spiro atoms. The van der Waals surface area contributed by atoms with Crippen molar-refractivity contribution in [1.29, 1.82) is 0 Å². The summed E-state index contributed by atoms with van der Waals surface area (Å²) in [7, 11) is -1.77. The first-order valence-electron chi connectivity index (χ1n) is 5.73. The number of halogens is 1. The fraction of sp³-hybridized carbons (Fsp3) is 0.833. The summed E-state index contributed by atoms with van der Waals surface area (Å²) in [6.45, 7) is 13.0. The molecule has 1 N–H and O–H groups in total. The predicted octanol–water partition coefficient (Wildman–Crippen LogP) is 4.06. The molecular weight excluding hydrogens is 284 g/mol. The van der Waals surface area contributed by atoms with Crippen molar-refractivity contribution in [3.05, 3.63) is 11.1 Å². The van der Waals surface area contributed by atoms with E-state index in [4.69, 9.17) is 4.43 Å². The van der Waals surface area contributed by atoms with Gasteiger partial charge in [0.2, 0.25) is 0 Å². The molecule has 0 aromatic carbocycles. The van der Waals surface area contributed by atoms with Crippen LogP contribution in [0.25, 0.3) is 0 Å². The fourth-order valence-electron chi connectivity index (χ4n) is 1.10. The van der Waals surface area contributed by atoms with Gasteiger partial charge in [-0.15, -0.1) is 0 Å². The third-order valence-electron chi connectivity index (χ3n) is 3.30. The first-order valence-corrected chi connectivity index (χ1v) is 9.55. The van der Waals surface area contributed by atoms with Crippen LogP contribution >= 0.6 is 15.9 Å². The summed E-state index contributed by atoms with van der Waals surface area (Å²) in [5.74, 6) is 0. The molecule has 0 saturated heterocycles. The highest BCUT2D eigenvalue weighted by Crippen LogP contribution is 2.37. The Morgan fingerprint density at radius 3 is 2.25 bits per heavy atom. The maximum absolute atomic E-state index is 9.90. The fourth-order valence-corrected chi connectivity index (χ4v) is 2.76. The zero-order valence-electron chi connectivity index (χ0n) is 11.2. The summed E-state index contributed by atoms with van der Waals surface area (Å²) < 4.78 is 6.10. The first-order chi connectivity index (χ1) is 7.12. The Balaban J connectivity index is 4.38. The van der Waals surface area contributed by atoms with Crippen LogP contribution in [0.5, 0.6) is 0 Å². The number of hydrogen-bond acceptors (Lipinski definition) is 2. The Morgan fingerprint density at radius 2 is 1.88 bits per heavy atom. The molecule has 0 fully saturated rings. The molecule has 0 saturated carbocycles.